The highest BCUT2D eigenvalue weighted by molar-refractivity contribution is 5.79. The van der Waals surface area contributed by atoms with Crippen LogP contribution in [-0.4, -0.2) is 49.7 Å². The Labute approximate surface area is 154 Å². The second kappa shape index (κ2) is 9.71. The van der Waals surface area contributed by atoms with Crippen molar-refractivity contribution in [3.05, 3.63) is 29.8 Å². The van der Waals surface area contributed by atoms with Crippen LogP contribution in [0, 0.1) is 0 Å². The van der Waals surface area contributed by atoms with Crippen molar-refractivity contribution in [2.45, 2.75) is 51.8 Å². The molecule has 1 heterocycles. The summed E-state index contributed by atoms with van der Waals surface area (Å²) < 4.78 is 29.6. The summed E-state index contributed by atoms with van der Waals surface area (Å²) in [6, 6.07) is 6.77. The summed E-state index contributed by atoms with van der Waals surface area (Å²) >= 11 is 0. The number of para-hydroxylation sites is 1. The molecule has 26 heavy (non-hydrogen) atoms. The Bertz CT molecular complexity index is 587. The maximum atomic E-state index is 12.5. The van der Waals surface area contributed by atoms with Gasteiger partial charge in [0.2, 0.25) is 0 Å². The zero-order chi connectivity index (χ0) is 19.0. The lowest BCUT2D eigenvalue weighted by molar-refractivity contribution is -0.0504. The Morgan fingerprint density at radius 2 is 1.88 bits per heavy atom. The molecule has 0 saturated carbocycles. The SMILES string of the molecule is CN=C(NCc1ccccc1OC(F)F)NCC(C)(C)N1CCCCC1. The molecule has 1 aliphatic heterocycles. The molecule has 5 nitrogen and oxygen atoms in total. The van der Waals surface area contributed by atoms with Gasteiger partial charge in [-0.2, -0.15) is 8.78 Å². The predicted molar refractivity (Wildman–Crippen MR) is 101 cm³/mol. The maximum absolute atomic E-state index is 12.5. The van der Waals surface area contributed by atoms with Crippen LogP contribution in [0.2, 0.25) is 0 Å². The van der Waals surface area contributed by atoms with Crippen molar-refractivity contribution < 1.29 is 13.5 Å². The van der Waals surface area contributed by atoms with Crippen LogP contribution in [-0.2, 0) is 6.54 Å². The molecular formula is C19H30F2N4O. The van der Waals surface area contributed by atoms with E-state index in [1.54, 1.807) is 31.3 Å². The van der Waals surface area contributed by atoms with Crippen LogP contribution in [0.3, 0.4) is 0 Å². The summed E-state index contributed by atoms with van der Waals surface area (Å²) in [6.07, 6.45) is 3.80. The highest BCUT2D eigenvalue weighted by atomic mass is 19.3. The molecule has 1 fully saturated rings. The van der Waals surface area contributed by atoms with Gasteiger partial charge in [-0.15, -0.1) is 0 Å². The number of ether oxygens (including phenoxy) is 1. The summed E-state index contributed by atoms with van der Waals surface area (Å²) in [5, 5.41) is 6.52. The third-order valence-electron chi connectivity index (χ3n) is 4.76. The van der Waals surface area contributed by atoms with E-state index in [0.717, 1.165) is 19.6 Å². The number of piperidine rings is 1. The monoisotopic (exact) mass is 368 g/mol. The van der Waals surface area contributed by atoms with E-state index in [1.807, 2.05) is 0 Å². The molecule has 1 aliphatic rings. The number of nitrogens with zero attached hydrogens (tertiary/aromatic N) is 2. The van der Waals surface area contributed by atoms with Gasteiger partial charge in [-0.05, 0) is 45.8 Å². The van der Waals surface area contributed by atoms with Crippen molar-refractivity contribution in [2.75, 3.05) is 26.7 Å². The molecule has 0 spiro atoms. The third kappa shape index (κ3) is 6.12. The topological polar surface area (TPSA) is 48.9 Å². The molecule has 7 heteroatoms. The maximum Gasteiger partial charge on any atom is 0.387 e. The Morgan fingerprint density at radius 1 is 1.19 bits per heavy atom. The largest absolute Gasteiger partial charge is 0.434 e. The van der Waals surface area contributed by atoms with E-state index in [1.165, 1.54) is 19.3 Å². The van der Waals surface area contributed by atoms with Crippen LogP contribution in [0.5, 0.6) is 5.75 Å². The van der Waals surface area contributed by atoms with Gasteiger partial charge >= 0.3 is 6.61 Å². The van der Waals surface area contributed by atoms with Crippen LogP contribution < -0.4 is 15.4 Å². The van der Waals surface area contributed by atoms with Gasteiger partial charge in [0.25, 0.3) is 0 Å². The molecule has 1 aromatic carbocycles. The molecule has 0 aliphatic carbocycles. The minimum absolute atomic E-state index is 0.0226. The molecule has 0 unspecified atom stereocenters. The summed E-state index contributed by atoms with van der Waals surface area (Å²) in [4.78, 5) is 6.73. The van der Waals surface area contributed by atoms with Gasteiger partial charge in [-0.3, -0.25) is 9.89 Å². The second-order valence-electron chi connectivity index (χ2n) is 7.13. The molecule has 146 valence electrons. The first-order chi connectivity index (χ1) is 12.4. The Morgan fingerprint density at radius 3 is 2.54 bits per heavy atom. The average molecular weight is 368 g/mol. The number of benzene rings is 1. The molecular weight excluding hydrogens is 338 g/mol. The van der Waals surface area contributed by atoms with Gasteiger partial charge < -0.3 is 15.4 Å². The Hall–Kier alpha value is -1.89. The minimum atomic E-state index is -2.83. The van der Waals surface area contributed by atoms with Gasteiger partial charge in [0, 0.05) is 31.2 Å². The first-order valence-corrected chi connectivity index (χ1v) is 9.14. The van der Waals surface area contributed by atoms with Gasteiger partial charge in [-0.1, -0.05) is 24.6 Å². The van der Waals surface area contributed by atoms with Gasteiger partial charge in [0.05, 0.1) is 0 Å². The summed E-state index contributed by atoms with van der Waals surface area (Å²) in [6.45, 7) is 4.97. The number of alkyl halides is 2. The van der Waals surface area contributed by atoms with E-state index in [2.05, 4.69) is 39.1 Å². The van der Waals surface area contributed by atoms with E-state index < -0.39 is 6.61 Å². The number of aliphatic imine (C=N–C) groups is 1. The lowest BCUT2D eigenvalue weighted by Gasteiger charge is -2.41. The molecule has 0 amide bonds. The molecule has 0 bridgehead atoms. The number of rotatable bonds is 7. The van der Waals surface area contributed by atoms with E-state index in [4.69, 9.17) is 0 Å². The van der Waals surface area contributed by atoms with Crippen molar-refractivity contribution >= 4 is 5.96 Å². The first-order valence-electron chi connectivity index (χ1n) is 9.14. The second-order valence-corrected chi connectivity index (χ2v) is 7.13. The fourth-order valence-corrected chi connectivity index (χ4v) is 3.17. The van der Waals surface area contributed by atoms with Crippen molar-refractivity contribution in [1.82, 2.24) is 15.5 Å². The summed E-state index contributed by atoms with van der Waals surface area (Å²) in [7, 11) is 1.70. The number of guanidine groups is 1. The zero-order valence-electron chi connectivity index (χ0n) is 15.9. The van der Waals surface area contributed by atoms with Gasteiger partial charge in [0.15, 0.2) is 5.96 Å². The highest BCUT2D eigenvalue weighted by Crippen LogP contribution is 2.21. The molecule has 0 atom stereocenters. The lowest BCUT2D eigenvalue weighted by Crippen LogP contribution is -2.54. The standard InChI is InChI=1S/C19H30F2N4O/c1-19(2,25-11-7-4-8-12-25)14-24-18(22-3)23-13-15-9-5-6-10-16(15)26-17(20)21/h5-6,9-10,17H,4,7-8,11-14H2,1-3H3,(H2,22,23,24). The fraction of sp³-hybridized carbons (Fsp3) is 0.632. The van der Waals surface area contributed by atoms with E-state index in [0.29, 0.717) is 18.1 Å². The Kier molecular flexibility index (Phi) is 7.63. The number of likely N-dealkylation sites (tertiary alicyclic amines) is 1. The van der Waals surface area contributed by atoms with Crippen molar-refractivity contribution in [2.24, 2.45) is 4.99 Å². The van der Waals surface area contributed by atoms with Crippen molar-refractivity contribution in [3.8, 4) is 5.75 Å². The Balaban J connectivity index is 1.88. The minimum Gasteiger partial charge on any atom is -0.434 e. The predicted octanol–water partition coefficient (Wildman–Crippen LogP) is 3.22. The quantitative estimate of drug-likeness (QED) is 0.573. The van der Waals surface area contributed by atoms with Crippen LogP contribution in [0.1, 0.15) is 38.7 Å². The molecule has 1 aromatic rings. The fourth-order valence-electron chi connectivity index (χ4n) is 3.17. The highest BCUT2D eigenvalue weighted by Gasteiger charge is 2.27. The number of hydrogen-bond donors (Lipinski definition) is 2. The summed E-state index contributed by atoms with van der Waals surface area (Å²) in [5.74, 6) is 0.820. The van der Waals surface area contributed by atoms with Crippen LogP contribution in [0.15, 0.2) is 29.3 Å². The van der Waals surface area contributed by atoms with E-state index >= 15 is 0 Å². The number of halogens is 2. The van der Waals surface area contributed by atoms with Crippen LogP contribution in [0.25, 0.3) is 0 Å². The molecule has 1 saturated heterocycles. The zero-order valence-corrected chi connectivity index (χ0v) is 15.9. The van der Waals surface area contributed by atoms with Crippen LogP contribution >= 0.6 is 0 Å². The molecule has 0 aromatic heterocycles. The van der Waals surface area contributed by atoms with E-state index in [9.17, 15) is 8.78 Å². The smallest absolute Gasteiger partial charge is 0.387 e. The van der Waals surface area contributed by atoms with Crippen molar-refractivity contribution in [1.29, 1.82) is 0 Å². The normalized spacial score (nSPS) is 16.6. The van der Waals surface area contributed by atoms with Crippen LogP contribution in [0.4, 0.5) is 8.78 Å². The molecule has 2 N–H and O–H groups in total. The lowest BCUT2D eigenvalue weighted by atomic mass is 9.98. The van der Waals surface area contributed by atoms with E-state index in [-0.39, 0.29) is 11.3 Å². The summed E-state index contributed by atoms with van der Waals surface area (Å²) in [5.41, 5.74) is 0.681. The molecule has 0 radical (unpaired) electrons. The third-order valence-corrected chi connectivity index (χ3v) is 4.76. The van der Waals surface area contributed by atoms with Gasteiger partial charge in [0.1, 0.15) is 5.75 Å². The molecule has 2 rings (SSSR count). The average Bonchev–Trinajstić information content (AvgIpc) is 2.63. The first kappa shape index (κ1) is 20.4. The number of hydrogen-bond acceptors (Lipinski definition) is 3. The van der Waals surface area contributed by atoms with Gasteiger partial charge in [-0.25, -0.2) is 0 Å². The van der Waals surface area contributed by atoms with Crippen molar-refractivity contribution in [3.63, 3.8) is 0 Å². The number of nitrogens with one attached hydrogen (secondary N) is 2.